The van der Waals surface area contributed by atoms with Gasteiger partial charge in [0.05, 0.1) is 18.8 Å². The molecular formula is C23H23FN4O2. The lowest BCUT2D eigenvalue weighted by molar-refractivity contribution is 0.241. The van der Waals surface area contributed by atoms with Crippen molar-refractivity contribution in [2.24, 2.45) is 0 Å². The van der Waals surface area contributed by atoms with Crippen LogP contribution in [-0.4, -0.2) is 34.0 Å². The van der Waals surface area contributed by atoms with Gasteiger partial charge >= 0.3 is 0 Å². The van der Waals surface area contributed by atoms with Gasteiger partial charge in [0.2, 0.25) is 0 Å². The summed E-state index contributed by atoms with van der Waals surface area (Å²) in [6.45, 7) is 2.61. The van der Waals surface area contributed by atoms with Crippen LogP contribution in [0.4, 0.5) is 4.39 Å². The van der Waals surface area contributed by atoms with E-state index in [0.717, 1.165) is 16.9 Å². The lowest BCUT2D eigenvalue weighted by Crippen LogP contribution is -2.22. The smallest absolute Gasteiger partial charge is 0.136 e. The number of halogens is 1. The molecule has 0 fully saturated rings. The van der Waals surface area contributed by atoms with Gasteiger partial charge in [-0.25, -0.2) is 9.07 Å². The van der Waals surface area contributed by atoms with Crippen molar-refractivity contribution in [3.63, 3.8) is 0 Å². The van der Waals surface area contributed by atoms with Crippen LogP contribution in [0.2, 0.25) is 0 Å². The maximum atomic E-state index is 14.9. The van der Waals surface area contributed by atoms with E-state index in [1.807, 2.05) is 56.6 Å². The van der Waals surface area contributed by atoms with Gasteiger partial charge in [-0.3, -0.25) is 4.90 Å². The predicted molar refractivity (Wildman–Crippen MR) is 112 cm³/mol. The Hall–Kier alpha value is -3.45. The quantitative estimate of drug-likeness (QED) is 0.438. The van der Waals surface area contributed by atoms with E-state index >= 15 is 0 Å². The molecule has 0 spiro atoms. The van der Waals surface area contributed by atoms with Crippen LogP contribution < -0.4 is 4.74 Å². The highest BCUT2D eigenvalue weighted by molar-refractivity contribution is 5.65. The summed E-state index contributed by atoms with van der Waals surface area (Å²) in [5, 5.41) is 8.75. The molecule has 6 nitrogen and oxygen atoms in total. The molecule has 7 heteroatoms. The fraction of sp³-hybridized carbons (Fsp3) is 0.217. The molecule has 0 radical (unpaired) electrons. The summed E-state index contributed by atoms with van der Waals surface area (Å²) in [4.78, 5) is 2.12. The van der Waals surface area contributed by atoms with Crippen LogP contribution >= 0.6 is 0 Å². The molecule has 1 atom stereocenters. The maximum absolute atomic E-state index is 14.9. The van der Waals surface area contributed by atoms with Crippen molar-refractivity contribution < 1.29 is 13.7 Å². The first kappa shape index (κ1) is 19.8. The normalized spacial score (nSPS) is 12.3. The number of para-hydroxylation sites is 1. The Morgan fingerprint density at radius 3 is 2.63 bits per heavy atom. The van der Waals surface area contributed by atoms with Gasteiger partial charge in [0.15, 0.2) is 0 Å². The van der Waals surface area contributed by atoms with Crippen LogP contribution in [0.3, 0.4) is 0 Å². The Balaban J connectivity index is 1.73. The van der Waals surface area contributed by atoms with Gasteiger partial charge in [0, 0.05) is 36.0 Å². The molecule has 0 aliphatic carbocycles. The number of nitrogens with zero attached hydrogens (tertiary/aromatic N) is 4. The molecule has 0 aliphatic rings. The summed E-state index contributed by atoms with van der Waals surface area (Å²) in [5.41, 5.74) is 3.68. The van der Waals surface area contributed by atoms with E-state index in [1.54, 1.807) is 23.1 Å². The summed E-state index contributed by atoms with van der Waals surface area (Å²) in [5.74, 6) is 0.0955. The third-order valence-electron chi connectivity index (χ3n) is 5.21. The predicted octanol–water partition coefficient (Wildman–Crippen LogP) is 4.87. The average Bonchev–Trinajstić information content (AvgIpc) is 3.44. The number of rotatable bonds is 7. The largest absolute Gasteiger partial charge is 0.497 e. The van der Waals surface area contributed by atoms with E-state index in [2.05, 4.69) is 10.1 Å². The van der Waals surface area contributed by atoms with Gasteiger partial charge < -0.3 is 9.26 Å². The van der Waals surface area contributed by atoms with E-state index < -0.39 is 0 Å². The molecular weight excluding hydrogens is 383 g/mol. The second kappa shape index (κ2) is 8.51. The van der Waals surface area contributed by atoms with E-state index in [1.165, 1.54) is 13.2 Å². The highest BCUT2D eigenvalue weighted by atomic mass is 19.1. The number of benzene rings is 2. The second-order valence-electron chi connectivity index (χ2n) is 7.14. The third kappa shape index (κ3) is 3.97. The Morgan fingerprint density at radius 1 is 1.17 bits per heavy atom. The summed E-state index contributed by atoms with van der Waals surface area (Å²) in [7, 11) is 3.51. The van der Waals surface area contributed by atoms with Crippen LogP contribution in [0, 0.1) is 5.82 Å². The van der Waals surface area contributed by atoms with Crippen LogP contribution in [0.25, 0.3) is 16.9 Å². The van der Waals surface area contributed by atoms with Crippen LogP contribution in [0.15, 0.2) is 71.6 Å². The zero-order chi connectivity index (χ0) is 21.1. The molecule has 0 N–H and O–H groups in total. The zero-order valence-corrected chi connectivity index (χ0v) is 17.1. The molecule has 30 heavy (non-hydrogen) atoms. The molecule has 0 aliphatic heterocycles. The van der Waals surface area contributed by atoms with Gasteiger partial charge in [-0.1, -0.05) is 23.4 Å². The summed E-state index contributed by atoms with van der Waals surface area (Å²) in [6, 6.07) is 16.5. The van der Waals surface area contributed by atoms with Crippen molar-refractivity contribution in [3.8, 4) is 22.7 Å². The van der Waals surface area contributed by atoms with Crippen LogP contribution in [-0.2, 0) is 6.54 Å². The number of aromatic nitrogens is 3. The first-order valence-corrected chi connectivity index (χ1v) is 9.65. The van der Waals surface area contributed by atoms with Gasteiger partial charge in [0.1, 0.15) is 29.2 Å². The fourth-order valence-corrected chi connectivity index (χ4v) is 3.35. The van der Waals surface area contributed by atoms with Gasteiger partial charge in [-0.05, 0) is 38.2 Å². The Bertz CT molecular complexity index is 1110. The lowest BCUT2D eigenvalue weighted by atomic mass is 10.1. The molecule has 4 rings (SSSR count). The number of hydrogen-bond donors (Lipinski definition) is 0. The Kier molecular flexibility index (Phi) is 5.63. The van der Waals surface area contributed by atoms with E-state index in [0.29, 0.717) is 23.6 Å². The third-order valence-corrected chi connectivity index (χ3v) is 5.21. The fourth-order valence-electron chi connectivity index (χ4n) is 3.35. The number of methoxy groups -OCH3 is 1. The standard InChI is InChI=1S/C23H23FN4O2/c1-16(22-11-12-30-26-22)27(2)14-17-15-28(18-7-5-4-6-8-18)25-23(17)20-10-9-19(29-3)13-21(20)24/h4-13,15-16H,14H2,1-3H3/t16-/m0/s1. The maximum Gasteiger partial charge on any atom is 0.136 e. The molecule has 0 amide bonds. The molecule has 4 aromatic rings. The molecule has 0 saturated heterocycles. The van der Waals surface area contributed by atoms with Crippen LogP contribution in [0.1, 0.15) is 24.2 Å². The summed E-state index contributed by atoms with van der Waals surface area (Å²) >= 11 is 0. The van der Waals surface area contributed by atoms with Crippen molar-refractivity contribution in [2.45, 2.75) is 19.5 Å². The average molecular weight is 406 g/mol. The second-order valence-corrected chi connectivity index (χ2v) is 7.14. The summed E-state index contributed by atoms with van der Waals surface area (Å²) in [6.07, 6.45) is 3.51. The summed E-state index contributed by atoms with van der Waals surface area (Å²) < 4.78 is 26.8. The minimum absolute atomic E-state index is 0.0254. The first-order chi connectivity index (χ1) is 14.6. The van der Waals surface area contributed by atoms with E-state index in [-0.39, 0.29) is 11.9 Å². The molecule has 0 saturated carbocycles. The molecule has 2 aromatic heterocycles. The van der Waals surface area contributed by atoms with Crippen molar-refractivity contribution in [1.82, 2.24) is 19.8 Å². The lowest BCUT2D eigenvalue weighted by Gasteiger charge is -2.22. The number of hydrogen-bond acceptors (Lipinski definition) is 5. The van der Waals surface area contributed by atoms with Crippen molar-refractivity contribution >= 4 is 0 Å². The van der Waals surface area contributed by atoms with Crippen molar-refractivity contribution in [3.05, 3.63) is 84.1 Å². The van der Waals surface area contributed by atoms with E-state index in [4.69, 9.17) is 14.4 Å². The first-order valence-electron chi connectivity index (χ1n) is 9.65. The molecule has 0 bridgehead atoms. The Morgan fingerprint density at radius 2 is 1.97 bits per heavy atom. The zero-order valence-electron chi connectivity index (χ0n) is 17.1. The highest BCUT2D eigenvalue weighted by Crippen LogP contribution is 2.30. The molecule has 2 heterocycles. The Labute approximate surface area is 174 Å². The molecule has 0 unspecified atom stereocenters. The SMILES string of the molecule is COc1ccc(-c2nn(-c3ccccc3)cc2CN(C)[C@@H](C)c2ccon2)c(F)c1. The van der Waals surface area contributed by atoms with Gasteiger partial charge in [0.25, 0.3) is 0 Å². The van der Waals surface area contributed by atoms with E-state index in [9.17, 15) is 4.39 Å². The topological polar surface area (TPSA) is 56.3 Å². The minimum Gasteiger partial charge on any atom is -0.497 e. The monoisotopic (exact) mass is 406 g/mol. The number of ether oxygens (including phenoxy) is 1. The minimum atomic E-state index is -0.374. The highest BCUT2D eigenvalue weighted by Gasteiger charge is 2.21. The van der Waals surface area contributed by atoms with Crippen molar-refractivity contribution in [2.75, 3.05) is 14.2 Å². The van der Waals surface area contributed by atoms with Crippen molar-refractivity contribution in [1.29, 1.82) is 0 Å². The molecule has 2 aromatic carbocycles. The van der Waals surface area contributed by atoms with Gasteiger partial charge in [-0.15, -0.1) is 0 Å². The van der Waals surface area contributed by atoms with Gasteiger partial charge in [-0.2, -0.15) is 5.10 Å². The van der Waals surface area contributed by atoms with Crippen LogP contribution in [0.5, 0.6) is 5.75 Å². The molecule has 154 valence electrons.